The number of rotatable bonds is 9. The van der Waals surface area contributed by atoms with Crippen LogP contribution in [0.4, 0.5) is 0 Å². The number of para-hydroxylation sites is 1. The molecule has 4 heteroatoms. The highest BCUT2D eigenvalue weighted by atomic mass is 16.5. The minimum absolute atomic E-state index is 0.0300. The van der Waals surface area contributed by atoms with Crippen LogP contribution in [0.2, 0.25) is 0 Å². The second-order valence-corrected chi connectivity index (χ2v) is 7.02. The van der Waals surface area contributed by atoms with E-state index in [0.717, 1.165) is 29.0 Å². The number of hydrogen-bond donors (Lipinski definition) is 1. The summed E-state index contributed by atoms with van der Waals surface area (Å²) >= 11 is 0. The van der Waals surface area contributed by atoms with Crippen molar-refractivity contribution in [3.8, 4) is 23.8 Å². The highest BCUT2D eigenvalue weighted by Crippen LogP contribution is 2.27. The highest BCUT2D eigenvalue weighted by molar-refractivity contribution is 5.82. The van der Waals surface area contributed by atoms with E-state index in [1.165, 1.54) is 0 Å². The Morgan fingerprint density at radius 1 is 1.15 bits per heavy atom. The van der Waals surface area contributed by atoms with Crippen LogP contribution in [0.1, 0.15) is 25.0 Å². The molecule has 0 aromatic heterocycles. The molecule has 0 aliphatic heterocycles. The van der Waals surface area contributed by atoms with Crippen LogP contribution in [0.15, 0.2) is 48.5 Å². The number of nitrogens with one attached hydrogen (secondary N) is 1. The van der Waals surface area contributed by atoms with Gasteiger partial charge in [-0.25, -0.2) is 0 Å². The molecule has 1 amide bonds. The van der Waals surface area contributed by atoms with Crippen molar-refractivity contribution in [2.45, 2.75) is 26.7 Å². The molecule has 0 saturated heterocycles. The van der Waals surface area contributed by atoms with Crippen molar-refractivity contribution in [3.63, 3.8) is 0 Å². The smallest absolute Gasteiger partial charge is 0.226 e. The fraction of sp³-hybridized carbons (Fsp3) is 0.348. The zero-order valence-corrected chi connectivity index (χ0v) is 16.2. The van der Waals surface area contributed by atoms with Crippen LogP contribution in [0.25, 0.3) is 0 Å². The van der Waals surface area contributed by atoms with Gasteiger partial charge < -0.3 is 14.8 Å². The number of amides is 1. The van der Waals surface area contributed by atoms with Crippen LogP contribution in [0.3, 0.4) is 0 Å². The number of carbonyl (C=O) groups is 1. The number of hydrogen-bond acceptors (Lipinski definition) is 3. The van der Waals surface area contributed by atoms with Gasteiger partial charge in [0.1, 0.15) is 18.1 Å². The van der Waals surface area contributed by atoms with Crippen LogP contribution < -0.4 is 14.8 Å². The van der Waals surface area contributed by atoms with E-state index in [-0.39, 0.29) is 12.5 Å². The Balaban J connectivity index is 1.86. The van der Waals surface area contributed by atoms with Gasteiger partial charge in [0.25, 0.3) is 0 Å². The van der Waals surface area contributed by atoms with Crippen LogP contribution in [-0.4, -0.2) is 26.2 Å². The van der Waals surface area contributed by atoms with E-state index in [0.29, 0.717) is 13.0 Å². The Labute approximate surface area is 161 Å². The first-order valence-electron chi connectivity index (χ1n) is 9.01. The van der Waals surface area contributed by atoms with E-state index in [1.807, 2.05) is 62.4 Å². The molecule has 1 N–H and O–H groups in total. The number of carbonyl (C=O) groups excluding carboxylic acids is 1. The summed E-state index contributed by atoms with van der Waals surface area (Å²) in [6.07, 6.45) is 6.55. The molecule has 2 aromatic carbocycles. The lowest BCUT2D eigenvalue weighted by Gasteiger charge is -2.24. The maximum atomic E-state index is 12.6. The van der Waals surface area contributed by atoms with Gasteiger partial charge in [0, 0.05) is 12.0 Å². The summed E-state index contributed by atoms with van der Waals surface area (Å²) in [6, 6.07) is 15.6. The van der Waals surface area contributed by atoms with Gasteiger partial charge in [-0.2, -0.15) is 0 Å². The molecular formula is C23H27NO3. The van der Waals surface area contributed by atoms with Crippen LogP contribution in [-0.2, 0) is 17.6 Å². The molecule has 2 rings (SSSR count). The first-order valence-corrected chi connectivity index (χ1v) is 9.01. The summed E-state index contributed by atoms with van der Waals surface area (Å²) in [6.45, 7) is 4.74. The molecule has 0 atom stereocenters. The number of benzene rings is 2. The molecule has 0 aliphatic carbocycles. The average Bonchev–Trinajstić information content (AvgIpc) is 2.67. The molecule has 0 unspecified atom stereocenters. The van der Waals surface area contributed by atoms with E-state index >= 15 is 0 Å². The average molecular weight is 365 g/mol. The van der Waals surface area contributed by atoms with Crippen LogP contribution in [0.5, 0.6) is 11.5 Å². The zero-order chi connectivity index (χ0) is 19.7. The topological polar surface area (TPSA) is 47.6 Å². The number of methoxy groups -OCH3 is 1. The molecule has 4 nitrogen and oxygen atoms in total. The van der Waals surface area contributed by atoms with Gasteiger partial charge in [-0.3, -0.25) is 4.79 Å². The summed E-state index contributed by atoms with van der Waals surface area (Å²) in [5.74, 6) is 4.03. The predicted octanol–water partition coefficient (Wildman–Crippen LogP) is 3.63. The fourth-order valence-electron chi connectivity index (χ4n) is 2.84. The monoisotopic (exact) mass is 365 g/mol. The Kier molecular flexibility index (Phi) is 7.31. The van der Waals surface area contributed by atoms with Gasteiger partial charge >= 0.3 is 0 Å². The van der Waals surface area contributed by atoms with Crippen molar-refractivity contribution < 1.29 is 14.3 Å². The maximum Gasteiger partial charge on any atom is 0.226 e. The molecule has 0 saturated carbocycles. The molecule has 0 bridgehead atoms. The highest BCUT2D eigenvalue weighted by Gasteiger charge is 2.28. The molecule has 27 heavy (non-hydrogen) atoms. The Morgan fingerprint density at radius 3 is 2.52 bits per heavy atom. The van der Waals surface area contributed by atoms with Gasteiger partial charge in [-0.1, -0.05) is 50.1 Å². The summed E-state index contributed by atoms with van der Waals surface area (Å²) in [7, 11) is 1.65. The van der Waals surface area contributed by atoms with E-state index in [4.69, 9.17) is 15.9 Å². The van der Waals surface area contributed by atoms with Crippen molar-refractivity contribution in [1.82, 2.24) is 5.32 Å². The van der Waals surface area contributed by atoms with Crippen molar-refractivity contribution in [3.05, 3.63) is 59.7 Å². The van der Waals surface area contributed by atoms with E-state index in [1.54, 1.807) is 7.11 Å². The predicted molar refractivity (Wildman–Crippen MR) is 108 cm³/mol. The molecule has 142 valence electrons. The van der Waals surface area contributed by atoms with Gasteiger partial charge in [-0.15, -0.1) is 6.42 Å². The minimum atomic E-state index is -0.526. The lowest BCUT2D eigenvalue weighted by atomic mass is 9.84. The molecule has 0 spiro atoms. The third-order valence-corrected chi connectivity index (χ3v) is 4.38. The quantitative estimate of drug-likeness (QED) is 0.690. The van der Waals surface area contributed by atoms with Crippen LogP contribution in [0, 0.1) is 17.8 Å². The summed E-state index contributed by atoms with van der Waals surface area (Å²) < 4.78 is 10.7. The molecular weight excluding hydrogens is 338 g/mol. The number of terminal acetylenes is 1. The third kappa shape index (κ3) is 6.07. The summed E-state index contributed by atoms with van der Waals surface area (Å²) in [5.41, 5.74) is 1.63. The van der Waals surface area contributed by atoms with Gasteiger partial charge in [0.15, 0.2) is 0 Å². The third-order valence-electron chi connectivity index (χ3n) is 4.38. The SMILES string of the molecule is C#CCOc1ccc(CCNC(=O)C(C)(C)Cc2ccccc2OC)cc1. The van der Waals surface area contributed by atoms with E-state index < -0.39 is 5.41 Å². The van der Waals surface area contributed by atoms with Gasteiger partial charge in [0.05, 0.1) is 7.11 Å². The molecule has 0 fully saturated rings. The Hall–Kier alpha value is -2.93. The van der Waals surface area contributed by atoms with Crippen molar-refractivity contribution in [1.29, 1.82) is 0 Å². The van der Waals surface area contributed by atoms with Crippen molar-refractivity contribution in [2.24, 2.45) is 5.41 Å². The standard InChI is InChI=1S/C23H27NO3/c1-5-16-27-20-12-10-18(11-13-20)14-15-24-22(25)23(2,3)17-19-8-6-7-9-21(19)26-4/h1,6-13H,14-17H2,2-4H3,(H,24,25). The lowest BCUT2D eigenvalue weighted by molar-refractivity contribution is -0.129. The van der Waals surface area contributed by atoms with E-state index in [2.05, 4.69) is 11.2 Å². The fourth-order valence-corrected chi connectivity index (χ4v) is 2.84. The normalized spacial score (nSPS) is 10.7. The lowest BCUT2D eigenvalue weighted by Crippen LogP contribution is -2.39. The first kappa shape index (κ1) is 20.4. The second-order valence-electron chi connectivity index (χ2n) is 7.02. The first-order chi connectivity index (χ1) is 13.0. The Bertz CT molecular complexity index is 788. The minimum Gasteiger partial charge on any atom is -0.496 e. The molecule has 2 aromatic rings. The summed E-state index contributed by atoms with van der Waals surface area (Å²) in [4.78, 5) is 12.6. The molecule has 0 radical (unpaired) electrons. The zero-order valence-electron chi connectivity index (χ0n) is 16.2. The molecule has 0 aliphatic rings. The second kappa shape index (κ2) is 9.68. The Morgan fingerprint density at radius 2 is 1.85 bits per heavy atom. The van der Waals surface area contributed by atoms with Gasteiger partial charge in [0.2, 0.25) is 5.91 Å². The van der Waals surface area contributed by atoms with Crippen molar-refractivity contribution >= 4 is 5.91 Å². The van der Waals surface area contributed by atoms with Gasteiger partial charge in [-0.05, 0) is 42.2 Å². The van der Waals surface area contributed by atoms with Crippen molar-refractivity contribution in [2.75, 3.05) is 20.3 Å². The number of ether oxygens (including phenoxy) is 2. The van der Waals surface area contributed by atoms with E-state index in [9.17, 15) is 4.79 Å². The summed E-state index contributed by atoms with van der Waals surface area (Å²) in [5, 5.41) is 3.04. The van der Waals surface area contributed by atoms with Crippen LogP contribution >= 0.6 is 0 Å². The molecule has 0 heterocycles. The largest absolute Gasteiger partial charge is 0.496 e. The maximum absolute atomic E-state index is 12.6.